The molecule has 3 aromatic carbocycles. The highest BCUT2D eigenvalue weighted by Crippen LogP contribution is 2.24. The van der Waals surface area contributed by atoms with Gasteiger partial charge in [0.25, 0.3) is 0 Å². The fourth-order valence-electron chi connectivity index (χ4n) is 3.03. The number of nitrogens with one attached hydrogen (secondary N) is 1. The van der Waals surface area contributed by atoms with Crippen molar-refractivity contribution < 1.29 is 13.9 Å². The van der Waals surface area contributed by atoms with Gasteiger partial charge in [0.2, 0.25) is 0 Å². The van der Waals surface area contributed by atoms with E-state index < -0.39 is 0 Å². The lowest BCUT2D eigenvalue weighted by Crippen LogP contribution is -1.98. The van der Waals surface area contributed by atoms with Crippen molar-refractivity contribution in [1.82, 2.24) is 9.97 Å². The molecule has 0 atom stereocenters. The van der Waals surface area contributed by atoms with Crippen LogP contribution in [0.15, 0.2) is 66.7 Å². The lowest BCUT2D eigenvalue weighted by atomic mass is 10.1. The third-order valence-electron chi connectivity index (χ3n) is 4.59. The van der Waals surface area contributed by atoms with Gasteiger partial charge in [-0.1, -0.05) is 30.3 Å². The average molecular weight is 399 g/mol. The molecule has 0 bridgehead atoms. The second-order valence-corrected chi connectivity index (χ2v) is 6.59. The molecule has 0 aliphatic heterocycles. The number of ether oxygens (including phenoxy) is 2. The van der Waals surface area contributed by atoms with E-state index in [1.807, 2.05) is 30.3 Å². The summed E-state index contributed by atoms with van der Waals surface area (Å²) in [5.74, 6) is 1.46. The normalized spacial score (nSPS) is 11.3. The second kappa shape index (κ2) is 8.50. The van der Waals surface area contributed by atoms with Gasteiger partial charge < -0.3 is 14.5 Å². The lowest BCUT2D eigenvalue weighted by molar-refractivity contribution is 0.300. The van der Waals surface area contributed by atoms with Gasteiger partial charge in [0.05, 0.1) is 23.7 Å². The molecule has 0 aliphatic rings. The number of allylic oxidation sites excluding steroid dienone is 1. The van der Waals surface area contributed by atoms with Crippen LogP contribution in [-0.4, -0.2) is 17.1 Å². The molecule has 1 heterocycles. The second-order valence-electron chi connectivity index (χ2n) is 6.59. The van der Waals surface area contributed by atoms with E-state index in [1.54, 1.807) is 43.5 Å². The maximum Gasteiger partial charge on any atom is 0.149 e. The van der Waals surface area contributed by atoms with Gasteiger partial charge in [-0.05, 0) is 42.0 Å². The first-order valence-electron chi connectivity index (χ1n) is 9.28. The van der Waals surface area contributed by atoms with Crippen LogP contribution in [-0.2, 0) is 6.61 Å². The summed E-state index contributed by atoms with van der Waals surface area (Å²) in [6, 6.07) is 21.4. The van der Waals surface area contributed by atoms with Crippen LogP contribution in [0.3, 0.4) is 0 Å². The van der Waals surface area contributed by atoms with Crippen LogP contribution in [0, 0.1) is 17.1 Å². The number of methoxy groups -OCH3 is 1. The number of aromatic nitrogens is 2. The first-order chi connectivity index (χ1) is 14.7. The largest absolute Gasteiger partial charge is 0.497 e. The zero-order valence-corrected chi connectivity index (χ0v) is 16.2. The topological polar surface area (TPSA) is 70.9 Å². The summed E-state index contributed by atoms with van der Waals surface area (Å²) in [5, 5.41) is 9.64. The van der Waals surface area contributed by atoms with Crippen molar-refractivity contribution in [1.29, 1.82) is 5.26 Å². The summed E-state index contributed by atoms with van der Waals surface area (Å²) in [6.07, 6.45) is 1.73. The molecule has 0 unspecified atom stereocenters. The van der Waals surface area contributed by atoms with E-state index in [-0.39, 0.29) is 12.4 Å². The van der Waals surface area contributed by atoms with Crippen molar-refractivity contribution in [3.63, 3.8) is 0 Å². The van der Waals surface area contributed by atoms with Crippen LogP contribution >= 0.6 is 0 Å². The summed E-state index contributed by atoms with van der Waals surface area (Å²) < 4.78 is 24.7. The van der Waals surface area contributed by atoms with Crippen LogP contribution in [0.4, 0.5) is 4.39 Å². The summed E-state index contributed by atoms with van der Waals surface area (Å²) in [4.78, 5) is 7.64. The highest BCUT2D eigenvalue weighted by molar-refractivity contribution is 5.90. The Labute approximate surface area is 173 Å². The van der Waals surface area contributed by atoms with Crippen LogP contribution in [0.1, 0.15) is 17.0 Å². The summed E-state index contributed by atoms with van der Waals surface area (Å²) in [6.45, 7) is 0.121. The quantitative estimate of drug-likeness (QED) is 0.444. The predicted molar refractivity (Wildman–Crippen MR) is 113 cm³/mol. The third kappa shape index (κ3) is 4.15. The van der Waals surface area contributed by atoms with Crippen LogP contribution < -0.4 is 9.47 Å². The zero-order valence-electron chi connectivity index (χ0n) is 16.2. The van der Waals surface area contributed by atoms with Crippen molar-refractivity contribution in [3.05, 3.63) is 89.5 Å². The SMILES string of the molecule is COc1ccc2nc(/C(C#N)=C/c3cccc(OCc4ccccc4F)c3)[nH]c2c1. The molecule has 1 N–H and O–H groups in total. The van der Waals surface area contributed by atoms with Gasteiger partial charge in [-0.3, -0.25) is 0 Å². The molecular weight excluding hydrogens is 381 g/mol. The number of hydrogen-bond donors (Lipinski definition) is 1. The Bertz CT molecular complexity index is 1270. The lowest BCUT2D eigenvalue weighted by Gasteiger charge is -2.08. The zero-order chi connectivity index (χ0) is 20.9. The Balaban J connectivity index is 1.58. The molecule has 0 saturated heterocycles. The standard InChI is InChI=1S/C24H18FN3O2/c1-29-19-9-10-22-23(13-19)28-24(27-22)18(14-26)11-16-5-4-7-20(12-16)30-15-17-6-2-3-8-21(17)25/h2-13H,15H2,1H3,(H,27,28)/b18-11+. The van der Waals surface area contributed by atoms with Crippen LogP contribution in [0.2, 0.25) is 0 Å². The Hall–Kier alpha value is -4.11. The molecule has 148 valence electrons. The fraction of sp³-hybridized carbons (Fsp3) is 0.0833. The van der Waals surface area contributed by atoms with Gasteiger partial charge in [0, 0.05) is 11.6 Å². The van der Waals surface area contributed by atoms with E-state index in [2.05, 4.69) is 16.0 Å². The molecule has 0 amide bonds. The van der Waals surface area contributed by atoms with Gasteiger partial charge in [0.15, 0.2) is 0 Å². The summed E-state index contributed by atoms with van der Waals surface area (Å²) in [7, 11) is 1.60. The van der Waals surface area contributed by atoms with Crippen molar-refractivity contribution in [2.24, 2.45) is 0 Å². The molecule has 30 heavy (non-hydrogen) atoms. The van der Waals surface area contributed by atoms with Gasteiger partial charge in [0.1, 0.15) is 35.8 Å². The highest BCUT2D eigenvalue weighted by atomic mass is 19.1. The van der Waals surface area contributed by atoms with E-state index >= 15 is 0 Å². The molecular formula is C24H18FN3O2. The Morgan fingerprint density at radius 2 is 1.97 bits per heavy atom. The minimum Gasteiger partial charge on any atom is -0.497 e. The maximum absolute atomic E-state index is 13.8. The van der Waals surface area contributed by atoms with E-state index in [9.17, 15) is 9.65 Å². The molecule has 0 aliphatic carbocycles. The number of halogens is 1. The molecule has 4 aromatic rings. The van der Waals surface area contributed by atoms with E-state index in [0.717, 1.165) is 16.6 Å². The number of aromatic amines is 1. The minimum absolute atomic E-state index is 0.121. The van der Waals surface area contributed by atoms with Gasteiger partial charge in [-0.25, -0.2) is 9.37 Å². The molecule has 1 aromatic heterocycles. The van der Waals surface area contributed by atoms with Crippen molar-refractivity contribution in [2.45, 2.75) is 6.61 Å². The monoisotopic (exact) mass is 399 g/mol. The predicted octanol–water partition coefficient (Wildman–Crippen LogP) is 5.35. The average Bonchev–Trinajstić information content (AvgIpc) is 3.20. The molecule has 6 heteroatoms. The van der Waals surface area contributed by atoms with E-state index in [4.69, 9.17) is 9.47 Å². The number of rotatable bonds is 6. The van der Waals surface area contributed by atoms with Gasteiger partial charge in [-0.2, -0.15) is 5.26 Å². The molecule has 0 saturated carbocycles. The Kier molecular flexibility index (Phi) is 5.44. The van der Waals surface area contributed by atoms with E-state index in [1.165, 1.54) is 6.07 Å². The number of imidazole rings is 1. The van der Waals surface area contributed by atoms with Crippen LogP contribution in [0.25, 0.3) is 22.7 Å². The molecule has 4 rings (SSSR count). The number of fused-ring (bicyclic) bond motifs is 1. The minimum atomic E-state index is -0.304. The number of nitrogens with zero attached hydrogens (tertiary/aromatic N) is 2. The molecule has 5 nitrogen and oxygen atoms in total. The smallest absolute Gasteiger partial charge is 0.149 e. The molecule has 0 fully saturated rings. The number of benzene rings is 3. The van der Waals surface area contributed by atoms with Crippen LogP contribution in [0.5, 0.6) is 11.5 Å². The van der Waals surface area contributed by atoms with Crippen molar-refractivity contribution in [2.75, 3.05) is 7.11 Å². The van der Waals surface area contributed by atoms with Gasteiger partial charge >= 0.3 is 0 Å². The molecule has 0 radical (unpaired) electrons. The molecule has 0 spiro atoms. The summed E-state index contributed by atoms with van der Waals surface area (Å²) >= 11 is 0. The Morgan fingerprint density at radius 3 is 2.77 bits per heavy atom. The maximum atomic E-state index is 13.8. The van der Waals surface area contributed by atoms with Gasteiger partial charge in [-0.15, -0.1) is 0 Å². The van der Waals surface area contributed by atoms with Crippen molar-refractivity contribution in [3.8, 4) is 17.6 Å². The third-order valence-corrected chi connectivity index (χ3v) is 4.59. The number of hydrogen-bond acceptors (Lipinski definition) is 4. The Morgan fingerprint density at radius 1 is 1.10 bits per heavy atom. The first-order valence-corrected chi connectivity index (χ1v) is 9.28. The summed E-state index contributed by atoms with van der Waals surface area (Å²) in [5.41, 5.74) is 3.17. The van der Waals surface area contributed by atoms with Crippen molar-refractivity contribution >= 4 is 22.7 Å². The number of nitriles is 1. The first kappa shape index (κ1) is 19.2. The fourth-order valence-corrected chi connectivity index (χ4v) is 3.03. The highest BCUT2D eigenvalue weighted by Gasteiger charge is 2.09. The van der Waals surface area contributed by atoms with E-state index in [0.29, 0.717) is 28.5 Å². The number of H-pyrrole nitrogens is 1.